The van der Waals surface area contributed by atoms with Gasteiger partial charge in [-0.2, -0.15) is 5.10 Å². The molecule has 1 N–H and O–H groups in total. The first-order valence-corrected chi connectivity index (χ1v) is 6.90. The molecule has 2 aromatic rings. The second-order valence-electron chi connectivity index (χ2n) is 4.74. The van der Waals surface area contributed by atoms with Crippen LogP contribution in [0.3, 0.4) is 0 Å². The molecular weight excluding hydrogens is 252 g/mol. The Labute approximate surface area is 120 Å². The van der Waals surface area contributed by atoms with E-state index in [-0.39, 0.29) is 6.04 Å². The lowest BCUT2D eigenvalue weighted by molar-refractivity contribution is 0.384. The van der Waals surface area contributed by atoms with Crippen LogP contribution in [0.15, 0.2) is 24.3 Å². The molecule has 0 amide bonds. The van der Waals surface area contributed by atoms with Crippen LogP contribution in [-0.4, -0.2) is 28.4 Å². The van der Waals surface area contributed by atoms with Crippen LogP contribution in [0.2, 0.25) is 0 Å². The molecule has 1 aromatic heterocycles. The summed E-state index contributed by atoms with van der Waals surface area (Å²) in [6, 6.07) is 8.23. The number of rotatable bonds is 6. The van der Waals surface area contributed by atoms with Crippen LogP contribution in [0.4, 0.5) is 0 Å². The zero-order valence-electron chi connectivity index (χ0n) is 12.6. The van der Waals surface area contributed by atoms with E-state index in [4.69, 9.17) is 4.74 Å². The number of ether oxygens (including phenoxy) is 1. The van der Waals surface area contributed by atoms with Crippen molar-refractivity contribution < 1.29 is 4.74 Å². The third-order valence-electron chi connectivity index (χ3n) is 3.28. The van der Waals surface area contributed by atoms with Crippen molar-refractivity contribution in [2.75, 3.05) is 13.7 Å². The highest BCUT2D eigenvalue weighted by Gasteiger charge is 2.17. The number of hydrogen-bond acceptors (Lipinski definition) is 4. The maximum absolute atomic E-state index is 5.46. The van der Waals surface area contributed by atoms with Gasteiger partial charge in [0, 0.05) is 5.56 Å². The lowest BCUT2D eigenvalue weighted by atomic mass is 10.1. The van der Waals surface area contributed by atoms with Gasteiger partial charge in [0.05, 0.1) is 19.7 Å². The number of likely N-dealkylation sites (N-methyl/N-ethyl adjacent to an activating group) is 1. The van der Waals surface area contributed by atoms with Gasteiger partial charge in [-0.25, -0.2) is 9.67 Å². The van der Waals surface area contributed by atoms with Gasteiger partial charge in [-0.1, -0.05) is 25.1 Å². The fourth-order valence-electron chi connectivity index (χ4n) is 2.38. The number of methoxy groups -OCH3 is 1. The van der Waals surface area contributed by atoms with Crippen molar-refractivity contribution in [1.29, 1.82) is 0 Å². The highest BCUT2D eigenvalue weighted by Crippen LogP contribution is 2.26. The SMILES string of the molecule is CCNC(Cn1nc(C)nc1C)c1ccccc1OC. The fourth-order valence-corrected chi connectivity index (χ4v) is 2.38. The van der Waals surface area contributed by atoms with E-state index in [1.165, 1.54) is 0 Å². The van der Waals surface area contributed by atoms with Crippen molar-refractivity contribution in [2.45, 2.75) is 33.4 Å². The minimum Gasteiger partial charge on any atom is -0.496 e. The Hall–Kier alpha value is -1.88. The number of para-hydroxylation sites is 1. The summed E-state index contributed by atoms with van der Waals surface area (Å²) in [7, 11) is 1.70. The number of nitrogens with one attached hydrogen (secondary N) is 1. The van der Waals surface area contributed by atoms with Gasteiger partial charge >= 0.3 is 0 Å². The second kappa shape index (κ2) is 6.52. The maximum Gasteiger partial charge on any atom is 0.147 e. The molecule has 0 spiro atoms. The monoisotopic (exact) mass is 274 g/mol. The highest BCUT2D eigenvalue weighted by atomic mass is 16.5. The zero-order chi connectivity index (χ0) is 14.5. The molecule has 0 saturated carbocycles. The smallest absolute Gasteiger partial charge is 0.147 e. The molecule has 0 bridgehead atoms. The number of aryl methyl sites for hydroxylation is 2. The Balaban J connectivity index is 2.29. The topological polar surface area (TPSA) is 52.0 Å². The molecule has 1 aromatic carbocycles. The summed E-state index contributed by atoms with van der Waals surface area (Å²) in [6.07, 6.45) is 0. The standard InChI is InChI=1S/C15H22N4O/c1-5-16-14(10-19-12(3)17-11(2)18-19)13-8-6-7-9-15(13)20-4/h6-9,14,16H,5,10H2,1-4H3. The van der Waals surface area contributed by atoms with Gasteiger partial charge in [-0.05, 0) is 26.5 Å². The normalized spacial score (nSPS) is 12.4. The Bertz CT molecular complexity index is 565. The number of aromatic nitrogens is 3. The van der Waals surface area contributed by atoms with Crippen molar-refractivity contribution in [2.24, 2.45) is 0 Å². The predicted molar refractivity (Wildman–Crippen MR) is 78.9 cm³/mol. The predicted octanol–water partition coefficient (Wildman–Crippen LogP) is 2.25. The summed E-state index contributed by atoms with van der Waals surface area (Å²) in [5.41, 5.74) is 1.14. The van der Waals surface area contributed by atoms with Gasteiger partial charge < -0.3 is 10.1 Å². The summed E-state index contributed by atoms with van der Waals surface area (Å²) in [4.78, 5) is 4.35. The van der Waals surface area contributed by atoms with Crippen LogP contribution in [0.5, 0.6) is 5.75 Å². The van der Waals surface area contributed by atoms with Crippen molar-refractivity contribution in [1.82, 2.24) is 20.1 Å². The summed E-state index contributed by atoms with van der Waals surface area (Å²) >= 11 is 0. The molecule has 1 heterocycles. The lowest BCUT2D eigenvalue weighted by Crippen LogP contribution is -2.26. The van der Waals surface area contributed by atoms with E-state index in [1.807, 2.05) is 36.7 Å². The molecule has 0 saturated heterocycles. The van der Waals surface area contributed by atoms with Crippen molar-refractivity contribution in [3.05, 3.63) is 41.5 Å². The van der Waals surface area contributed by atoms with Gasteiger partial charge in [0.25, 0.3) is 0 Å². The number of nitrogens with zero attached hydrogens (tertiary/aromatic N) is 3. The van der Waals surface area contributed by atoms with E-state index in [2.05, 4.69) is 28.4 Å². The molecular formula is C15H22N4O. The van der Waals surface area contributed by atoms with Crippen LogP contribution < -0.4 is 10.1 Å². The van der Waals surface area contributed by atoms with Gasteiger partial charge in [-0.15, -0.1) is 0 Å². The average Bonchev–Trinajstić information content (AvgIpc) is 2.76. The maximum atomic E-state index is 5.46. The van der Waals surface area contributed by atoms with Crippen LogP contribution in [-0.2, 0) is 6.54 Å². The Kier molecular flexibility index (Phi) is 4.74. The molecule has 108 valence electrons. The Morgan fingerprint density at radius 2 is 2.05 bits per heavy atom. The molecule has 0 fully saturated rings. The van der Waals surface area contributed by atoms with E-state index in [0.717, 1.165) is 36.1 Å². The first-order chi connectivity index (χ1) is 9.65. The summed E-state index contributed by atoms with van der Waals surface area (Å²) < 4.78 is 7.40. The first kappa shape index (κ1) is 14.5. The average molecular weight is 274 g/mol. The Morgan fingerprint density at radius 3 is 2.65 bits per heavy atom. The molecule has 1 unspecified atom stereocenters. The van der Waals surface area contributed by atoms with Crippen molar-refractivity contribution in [3.8, 4) is 5.75 Å². The molecule has 0 radical (unpaired) electrons. The van der Waals surface area contributed by atoms with Gasteiger partial charge in [0.15, 0.2) is 0 Å². The van der Waals surface area contributed by atoms with E-state index in [0.29, 0.717) is 0 Å². The third-order valence-corrected chi connectivity index (χ3v) is 3.28. The van der Waals surface area contributed by atoms with Crippen LogP contribution in [0, 0.1) is 13.8 Å². The molecule has 2 rings (SSSR count). The quantitative estimate of drug-likeness (QED) is 0.878. The van der Waals surface area contributed by atoms with E-state index in [1.54, 1.807) is 7.11 Å². The molecule has 20 heavy (non-hydrogen) atoms. The third kappa shape index (κ3) is 3.17. The molecule has 1 atom stereocenters. The van der Waals surface area contributed by atoms with Gasteiger partial charge in [0.2, 0.25) is 0 Å². The number of hydrogen-bond donors (Lipinski definition) is 1. The molecule has 0 aliphatic carbocycles. The summed E-state index contributed by atoms with van der Waals surface area (Å²) in [6.45, 7) is 7.61. The first-order valence-electron chi connectivity index (χ1n) is 6.90. The molecule has 0 aliphatic heterocycles. The van der Waals surface area contributed by atoms with Crippen molar-refractivity contribution >= 4 is 0 Å². The van der Waals surface area contributed by atoms with Gasteiger partial charge in [0.1, 0.15) is 17.4 Å². The van der Waals surface area contributed by atoms with E-state index < -0.39 is 0 Å². The van der Waals surface area contributed by atoms with Gasteiger partial charge in [-0.3, -0.25) is 0 Å². The molecule has 5 nitrogen and oxygen atoms in total. The van der Waals surface area contributed by atoms with Crippen LogP contribution >= 0.6 is 0 Å². The minimum atomic E-state index is 0.149. The van der Waals surface area contributed by atoms with E-state index >= 15 is 0 Å². The number of benzene rings is 1. The fraction of sp³-hybridized carbons (Fsp3) is 0.467. The summed E-state index contributed by atoms with van der Waals surface area (Å²) in [5, 5.41) is 7.93. The summed E-state index contributed by atoms with van der Waals surface area (Å²) in [5.74, 6) is 2.63. The van der Waals surface area contributed by atoms with Crippen molar-refractivity contribution in [3.63, 3.8) is 0 Å². The largest absolute Gasteiger partial charge is 0.496 e. The molecule has 0 aliphatic rings. The Morgan fingerprint density at radius 1 is 1.30 bits per heavy atom. The van der Waals surface area contributed by atoms with Crippen LogP contribution in [0.25, 0.3) is 0 Å². The highest BCUT2D eigenvalue weighted by molar-refractivity contribution is 5.35. The van der Waals surface area contributed by atoms with E-state index in [9.17, 15) is 0 Å². The lowest BCUT2D eigenvalue weighted by Gasteiger charge is -2.21. The minimum absolute atomic E-state index is 0.149. The van der Waals surface area contributed by atoms with Crippen LogP contribution in [0.1, 0.15) is 30.2 Å². The zero-order valence-corrected chi connectivity index (χ0v) is 12.6. The second-order valence-corrected chi connectivity index (χ2v) is 4.74. The molecule has 5 heteroatoms.